The first kappa shape index (κ1) is 17.9. The van der Waals surface area contributed by atoms with Crippen LogP contribution in [0.4, 0.5) is 0 Å². The molecule has 6 heterocycles. The summed E-state index contributed by atoms with van der Waals surface area (Å²) in [5.74, 6) is 3.35. The summed E-state index contributed by atoms with van der Waals surface area (Å²) in [6.07, 6.45) is 2.94. The summed E-state index contributed by atoms with van der Waals surface area (Å²) in [4.78, 5) is 18.2. The first-order valence-corrected chi connectivity index (χ1v) is 11.0. The van der Waals surface area contributed by atoms with E-state index in [1.165, 1.54) is 12.1 Å². The Morgan fingerprint density at radius 3 is 2.55 bits per heavy atom. The fraction of sp³-hybridized carbons (Fsp3) is 0.609. The number of hydrogen-bond acceptors (Lipinski definition) is 5. The highest BCUT2D eigenvalue weighted by molar-refractivity contribution is 5.22. The number of fused-ring (bicyclic) bond motifs is 5. The predicted octanol–water partition coefficient (Wildman–Crippen LogP) is 2.14. The number of furan rings is 1. The van der Waals surface area contributed by atoms with Gasteiger partial charge in [-0.2, -0.15) is 0 Å². The SMILES string of the molecule is O=c1c(CN2C[C@H]3COC[C@H]3C2)ccc2n1C[C@H]1C[C@@H]2CN(Cc2ccco2)C1. The number of nitrogens with zero attached hydrogens (tertiary/aromatic N) is 3. The molecule has 2 aromatic heterocycles. The van der Waals surface area contributed by atoms with Crippen LogP contribution in [0.25, 0.3) is 0 Å². The van der Waals surface area contributed by atoms with Gasteiger partial charge in [-0.1, -0.05) is 6.07 Å². The summed E-state index contributed by atoms with van der Waals surface area (Å²) in [5.41, 5.74) is 2.43. The van der Waals surface area contributed by atoms with Crippen LogP contribution in [0.1, 0.15) is 29.4 Å². The summed E-state index contributed by atoms with van der Waals surface area (Å²) in [6.45, 7) is 8.47. The summed E-state index contributed by atoms with van der Waals surface area (Å²) >= 11 is 0. The van der Waals surface area contributed by atoms with Crippen molar-refractivity contribution in [1.82, 2.24) is 14.4 Å². The van der Waals surface area contributed by atoms with E-state index in [2.05, 4.69) is 26.5 Å². The van der Waals surface area contributed by atoms with Gasteiger partial charge in [-0.3, -0.25) is 14.6 Å². The highest BCUT2D eigenvalue weighted by atomic mass is 16.5. The van der Waals surface area contributed by atoms with E-state index in [-0.39, 0.29) is 5.56 Å². The van der Waals surface area contributed by atoms with Gasteiger partial charge in [0.1, 0.15) is 5.76 Å². The molecule has 154 valence electrons. The quantitative estimate of drug-likeness (QED) is 0.794. The third-order valence-electron chi connectivity index (χ3n) is 7.43. The van der Waals surface area contributed by atoms with E-state index >= 15 is 0 Å². The van der Waals surface area contributed by atoms with Crippen molar-refractivity contribution in [3.8, 4) is 0 Å². The minimum absolute atomic E-state index is 0.241. The van der Waals surface area contributed by atoms with Gasteiger partial charge in [0.05, 0.1) is 26.0 Å². The van der Waals surface area contributed by atoms with Gasteiger partial charge in [0.2, 0.25) is 0 Å². The van der Waals surface area contributed by atoms with Gasteiger partial charge < -0.3 is 13.7 Å². The maximum atomic E-state index is 13.3. The van der Waals surface area contributed by atoms with Crippen LogP contribution in [-0.4, -0.2) is 53.8 Å². The molecular formula is C23H29N3O3. The number of pyridine rings is 1. The number of ether oxygens (including phenoxy) is 1. The van der Waals surface area contributed by atoms with Crippen molar-refractivity contribution in [3.05, 3.63) is 57.9 Å². The third-order valence-corrected chi connectivity index (χ3v) is 7.43. The fourth-order valence-electron chi connectivity index (χ4n) is 6.12. The normalized spacial score (nSPS) is 31.7. The average molecular weight is 396 g/mol. The molecule has 29 heavy (non-hydrogen) atoms. The van der Waals surface area contributed by atoms with Crippen LogP contribution < -0.4 is 5.56 Å². The van der Waals surface area contributed by atoms with Crippen molar-refractivity contribution < 1.29 is 9.15 Å². The molecule has 2 aromatic rings. The Balaban J connectivity index is 1.20. The van der Waals surface area contributed by atoms with Gasteiger partial charge in [-0.25, -0.2) is 0 Å². The number of hydrogen-bond donors (Lipinski definition) is 0. The van der Waals surface area contributed by atoms with E-state index in [1.54, 1.807) is 6.26 Å². The molecule has 4 aliphatic rings. The second-order valence-corrected chi connectivity index (χ2v) is 9.52. The lowest BCUT2D eigenvalue weighted by atomic mass is 9.83. The van der Waals surface area contributed by atoms with Gasteiger partial charge in [-0.05, 0) is 30.5 Å². The average Bonchev–Trinajstić information content (AvgIpc) is 3.42. The Bertz CT molecular complexity index is 925. The monoisotopic (exact) mass is 395 g/mol. The van der Waals surface area contributed by atoms with Crippen LogP contribution in [0.3, 0.4) is 0 Å². The molecule has 6 rings (SSSR count). The van der Waals surface area contributed by atoms with Gasteiger partial charge in [0.15, 0.2) is 0 Å². The zero-order valence-corrected chi connectivity index (χ0v) is 16.8. The number of piperidine rings is 1. The first-order valence-electron chi connectivity index (χ1n) is 11.0. The van der Waals surface area contributed by atoms with Gasteiger partial charge in [0, 0.05) is 68.3 Å². The summed E-state index contributed by atoms with van der Waals surface area (Å²) in [5, 5.41) is 0. The van der Waals surface area contributed by atoms with Gasteiger partial charge in [-0.15, -0.1) is 0 Å². The predicted molar refractivity (Wildman–Crippen MR) is 109 cm³/mol. The third kappa shape index (κ3) is 3.27. The van der Waals surface area contributed by atoms with Crippen LogP contribution in [0.2, 0.25) is 0 Å². The smallest absolute Gasteiger partial charge is 0.255 e. The molecule has 6 nitrogen and oxygen atoms in total. The second kappa shape index (κ2) is 7.11. The van der Waals surface area contributed by atoms with Gasteiger partial charge in [0.25, 0.3) is 5.56 Å². The zero-order chi connectivity index (χ0) is 19.4. The van der Waals surface area contributed by atoms with Crippen LogP contribution in [0.15, 0.2) is 39.7 Å². The van der Waals surface area contributed by atoms with Crippen molar-refractivity contribution >= 4 is 0 Å². The van der Waals surface area contributed by atoms with E-state index in [4.69, 9.17) is 9.15 Å². The van der Waals surface area contributed by atoms with Crippen molar-refractivity contribution in [2.45, 2.75) is 32.0 Å². The summed E-state index contributed by atoms with van der Waals surface area (Å²) in [7, 11) is 0. The highest BCUT2D eigenvalue weighted by Gasteiger charge is 2.38. The molecule has 0 N–H and O–H groups in total. The molecule has 4 aliphatic heterocycles. The maximum Gasteiger partial charge on any atom is 0.255 e. The molecule has 0 aromatic carbocycles. The standard InChI is InChI=1S/C23H29N3O3/c27-23-17(9-25-11-19-14-28-15-20(19)12-25)3-4-22-18-6-16(8-26(22)23)7-24(10-18)13-21-2-1-5-29-21/h1-5,16,18-20H,6-15H2/t16-,18+,19-,20+/m0/s1. The Hall–Kier alpha value is -1.89. The van der Waals surface area contributed by atoms with Crippen molar-refractivity contribution in [1.29, 1.82) is 0 Å². The van der Waals surface area contributed by atoms with Crippen LogP contribution in [-0.2, 0) is 24.4 Å². The fourth-order valence-corrected chi connectivity index (χ4v) is 6.12. The Morgan fingerprint density at radius 1 is 0.931 bits per heavy atom. The molecule has 0 aliphatic carbocycles. The van der Waals surface area contributed by atoms with Crippen LogP contribution in [0.5, 0.6) is 0 Å². The van der Waals surface area contributed by atoms with Crippen molar-refractivity contribution in [2.75, 3.05) is 39.4 Å². The molecule has 0 amide bonds. The van der Waals surface area contributed by atoms with E-state index in [0.717, 1.165) is 70.4 Å². The lowest BCUT2D eigenvalue weighted by Gasteiger charge is -2.42. The van der Waals surface area contributed by atoms with E-state index < -0.39 is 0 Å². The largest absolute Gasteiger partial charge is 0.468 e. The molecule has 3 saturated heterocycles. The molecule has 6 heteroatoms. The highest BCUT2D eigenvalue weighted by Crippen LogP contribution is 2.36. The molecule has 4 atom stereocenters. The topological polar surface area (TPSA) is 50.9 Å². The molecular weight excluding hydrogens is 366 g/mol. The molecule has 0 unspecified atom stereocenters. The number of likely N-dealkylation sites (tertiary alicyclic amines) is 2. The molecule has 0 radical (unpaired) electrons. The number of aromatic nitrogens is 1. The molecule has 0 saturated carbocycles. The Kier molecular flexibility index (Phi) is 4.40. The van der Waals surface area contributed by atoms with E-state index in [1.807, 2.05) is 12.1 Å². The molecule has 2 bridgehead atoms. The van der Waals surface area contributed by atoms with Crippen molar-refractivity contribution in [3.63, 3.8) is 0 Å². The lowest BCUT2D eigenvalue weighted by molar-refractivity contribution is 0.107. The molecule has 0 spiro atoms. The lowest BCUT2D eigenvalue weighted by Crippen LogP contribution is -2.47. The molecule has 3 fully saturated rings. The maximum absolute atomic E-state index is 13.3. The summed E-state index contributed by atoms with van der Waals surface area (Å²) in [6, 6.07) is 8.34. The second-order valence-electron chi connectivity index (χ2n) is 9.52. The first-order chi connectivity index (χ1) is 14.2. The van der Waals surface area contributed by atoms with Crippen LogP contribution >= 0.6 is 0 Å². The van der Waals surface area contributed by atoms with E-state index in [0.29, 0.717) is 23.7 Å². The zero-order valence-electron chi connectivity index (χ0n) is 16.8. The summed E-state index contributed by atoms with van der Waals surface area (Å²) < 4.78 is 13.2. The Labute approximate surface area is 171 Å². The van der Waals surface area contributed by atoms with Crippen LogP contribution in [0, 0.1) is 17.8 Å². The van der Waals surface area contributed by atoms with Gasteiger partial charge >= 0.3 is 0 Å². The minimum Gasteiger partial charge on any atom is -0.468 e. The number of rotatable bonds is 4. The Morgan fingerprint density at radius 2 is 1.76 bits per heavy atom. The minimum atomic E-state index is 0.241. The van der Waals surface area contributed by atoms with E-state index in [9.17, 15) is 4.79 Å². The van der Waals surface area contributed by atoms with Crippen molar-refractivity contribution in [2.24, 2.45) is 17.8 Å².